The zero-order valence-electron chi connectivity index (χ0n) is 11.8. The molecule has 5 nitrogen and oxygen atoms in total. The minimum absolute atomic E-state index is 0.151. The molecule has 2 aromatic rings. The molecule has 0 saturated heterocycles. The second-order valence-corrected chi connectivity index (χ2v) is 5.67. The van der Waals surface area contributed by atoms with Crippen molar-refractivity contribution in [3.05, 3.63) is 46.1 Å². The van der Waals surface area contributed by atoms with E-state index in [0.29, 0.717) is 17.5 Å². The van der Waals surface area contributed by atoms with Crippen molar-refractivity contribution in [2.45, 2.75) is 6.04 Å². The Balaban J connectivity index is 2.11. The van der Waals surface area contributed by atoms with Crippen molar-refractivity contribution in [1.29, 1.82) is 0 Å². The molecular formula is C14H17Cl2N5. The number of anilines is 2. The van der Waals surface area contributed by atoms with Gasteiger partial charge in [-0.2, -0.15) is 4.98 Å². The third kappa shape index (κ3) is 4.46. The second-order valence-electron chi connectivity index (χ2n) is 4.85. The van der Waals surface area contributed by atoms with Gasteiger partial charge in [0.2, 0.25) is 5.95 Å². The summed E-state index contributed by atoms with van der Waals surface area (Å²) in [5.41, 5.74) is 6.74. The first-order valence-electron chi connectivity index (χ1n) is 6.41. The number of likely N-dealkylation sites (N-methyl/N-ethyl adjacent to an activating group) is 1. The lowest BCUT2D eigenvalue weighted by atomic mass is 10.1. The average molecular weight is 326 g/mol. The zero-order valence-corrected chi connectivity index (χ0v) is 13.4. The van der Waals surface area contributed by atoms with Crippen molar-refractivity contribution in [1.82, 2.24) is 14.9 Å². The molecule has 0 fully saturated rings. The van der Waals surface area contributed by atoms with Gasteiger partial charge in [0.15, 0.2) is 0 Å². The number of rotatable bonds is 5. The third-order valence-corrected chi connectivity index (χ3v) is 3.51. The largest absolute Gasteiger partial charge is 0.368 e. The van der Waals surface area contributed by atoms with E-state index in [9.17, 15) is 0 Å². The maximum atomic E-state index is 5.93. The van der Waals surface area contributed by atoms with Crippen molar-refractivity contribution >= 4 is 35.0 Å². The van der Waals surface area contributed by atoms with Crippen LogP contribution in [-0.4, -0.2) is 35.5 Å². The summed E-state index contributed by atoms with van der Waals surface area (Å²) in [7, 11) is 4.03. The molecule has 2 rings (SSSR count). The molecule has 3 N–H and O–H groups in total. The molecule has 0 radical (unpaired) electrons. The zero-order chi connectivity index (χ0) is 15.4. The van der Waals surface area contributed by atoms with E-state index in [-0.39, 0.29) is 12.0 Å². The van der Waals surface area contributed by atoms with Crippen LogP contribution in [0.1, 0.15) is 11.6 Å². The van der Waals surface area contributed by atoms with Gasteiger partial charge in [-0.15, -0.1) is 0 Å². The Morgan fingerprint density at radius 1 is 1.19 bits per heavy atom. The average Bonchev–Trinajstić information content (AvgIpc) is 2.39. The first-order valence-corrected chi connectivity index (χ1v) is 7.17. The van der Waals surface area contributed by atoms with Crippen LogP contribution in [0.15, 0.2) is 30.3 Å². The van der Waals surface area contributed by atoms with Crippen LogP contribution in [0.4, 0.5) is 11.8 Å². The highest BCUT2D eigenvalue weighted by molar-refractivity contribution is 6.30. The molecule has 0 aliphatic rings. The smallest absolute Gasteiger partial charge is 0.223 e. The molecule has 0 amide bonds. The Kier molecular flexibility index (Phi) is 5.22. The van der Waals surface area contributed by atoms with Crippen molar-refractivity contribution < 1.29 is 0 Å². The maximum absolute atomic E-state index is 5.93. The Hall–Kier alpha value is -1.56. The van der Waals surface area contributed by atoms with Gasteiger partial charge in [0.05, 0.1) is 6.04 Å². The van der Waals surface area contributed by atoms with Crippen LogP contribution in [-0.2, 0) is 0 Å². The first kappa shape index (κ1) is 15.8. The Morgan fingerprint density at radius 2 is 1.86 bits per heavy atom. The lowest BCUT2D eigenvalue weighted by Gasteiger charge is -2.25. The van der Waals surface area contributed by atoms with Gasteiger partial charge in [0.25, 0.3) is 0 Å². The predicted octanol–water partition coefficient (Wildman–Crippen LogP) is 3.08. The Morgan fingerprint density at radius 3 is 2.43 bits per heavy atom. The summed E-state index contributed by atoms with van der Waals surface area (Å²) in [5.74, 6) is 0.756. The lowest BCUT2D eigenvalue weighted by Crippen LogP contribution is -2.27. The van der Waals surface area contributed by atoms with Crippen LogP contribution >= 0.6 is 23.2 Å². The molecule has 1 unspecified atom stereocenters. The molecule has 0 bridgehead atoms. The first-order chi connectivity index (χ1) is 9.95. The van der Waals surface area contributed by atoms with Gasteiger partial charge < -0.3 is 16.0 Å². The normalized spacial score (nSPS) is 12.4. The van der Waals surface area contributed by atoms with E-state index in [2.05, 4.69) is 20.2 Å². The number of hydrogen-bond donors (Lipinski definition) is 2. The van der Waals surface area contributed by atoms with Gasteiger partial charge in [-0.1, -0.05) is 35.3 Å². The third-order valence-electron chi connectivity index (χ3n) is 3.07. The fraction of sp³-hybridized carbons (Fsp3) is 0.286. The van der Waals surface area contributed by atoms with Crippen LogP contribution in [0.5, 0.6) is 0 Å². The van der Waals surface area contributed by atoms with Crippen molar-refractivity contribution in [3.63, 3.8) is 0 Å². The number of aromatic nitrogens is 2. The fourth-order valence-corrected chi connectivity index (χ4v) is 2.33. The van der Waals surface area contributed by atoms with Crippen LogP contribution in [0.2, 0.25) is 10.2 Å². The topological polar surface area (TPSA) is 67.1 Å². The van der Waals surface area contributed by atoms with Gasteiger partial charge in [0, 0.05) is 17.6 Å². The highest BCUT2D eigenvalue weighted by atomic mass is 35.5. The van der Waals surface area contributed by atoms with Crippen molar-refractivity contribution in [2.24, 2.45) is 0 Å². The summed E-state index contributed by atoms with van der Waals surface area (Å²) >= 11 is 11.8. The van der Waals surface area contributed by atoms with Crippen LogP contribution in [0, 0.1) is 0 Å². The molecule has 0 aliphatic heterocycles. The van der Waals surface area contributed by atoms with Crippen LogP contribution < -0.4 is 11.1 Å². The van der Waals surface area contributed by atoms with Gasteiger partial charge in [-0.25, -0.2) is 4.98 Å². The Bertz CT molecular complexity index is 581. The Labute approximate surface area is 134 Å². The SMILES string of the molecule is CN(C)C(CNc1cc(Cl)nc(N)n1)c1ccc(Cl)cc1. The molecule has 7 heteroatoms. The molecule has 0 saturated carbocycles. The van der Waals surface area contributed by atoms with Gasteiger partial charge >= 0.3 is 0 Å². The maximum Gasteiger partial charge on any atom is 0.223 e. The van der Waals surface area contributed by atoms with E-state index in [1.807, 2.05) is 38.4 Å². The number of hydrogen-bond acceptors (Lipinski definition) is 5. The minimum Gasteiger partial charge on any atom is -0.368 e. The number of halogens is 2. The molecule has 0 aliphatic carbocycles. The summed E-state index contributed by atoms with van der Waals surface area (Å²) in [6, 6.07) is 9.59. The number of nitrogens with zero attached hydrogens (tertiary/aromatic N) is 3. The molecular weight excluding hydrogens is 309 g/mol. The summed E-state index contributed by atoms with van der Waals surface area (Å²) in [4.78, 5) is 10.0. The van der Waals surface area contributed by atoms with Crippen molar-refractivity contribution in [3.8, 4) is 0 Å². The van der Waals surface area contributed by atoms with Crippen LogP contribution in [0.3, 0.4) is 0 Å². The van der Waals surface area contributed by atoms with E-state index in [1.54, 1.807) is 6.07 Å². The minimum atomic E-state index is 0.151. The van der Waals surface area contributed by atoms with E-state index >= 15 is 0 Å². The molecule has 112 valence electrons. The summed E-state index contributed by atoms with van der Waals surface area (Å²) in [6.07, 6.45) is 0. The number of nitrogens with one attached hydrogen (secondary N) is 1. The second kappa shape index (κ2) is 6.93. The number of benzene rings is 1. The quantitative estimate of drug-likeness (QED) is 0.827. The van der Waals surface area contributed by atoms with Gasteiger partial charge in [-0.05, 0) is 31.8 Å². The van der Waals surface area contributed by atoms with Crippen molar-refractivity contribution in [2.75, 3.05) is 31.7 Å². The summed E-state index contributed by atoms with van der Waals surface area (Å²) < 4.78 is 0. The van der Waals surface area contributed by atoms with E-state index in [0.717, 1.165) is 10.6 Å². The highest BCUT2D eigenvalue weighted by Crippen LogP contribution is 2.21. The summed E-state index contributed by atoms with van der Waals surface area (Å²) in [6.45, 7) is 0.654. The molecule has 1 aromatic heterocycles. The summed E-state index contributed by atoms with van der Waals surface area (Å²) in [5, 5.41) is 4.27. The van der Waals surface area contributed by atoms with E-state index in [4.69, 9.17) is 28.9 Å². The van der Waals surface area contributed by atoms with E-state index in [1.165, 1.54) is 0 Å². The molecule has 1 aromatic carbocycles. The predicted molar refractivity (Wildman–Crippen MR) is 87.8 cm³/mol. The van der Waals surface area contributed by atoms with E-state index < -0.39 is 0 Å². The van der Waals surface area contributed by atoms with Crippen LogP contribution in [0.25, 0.3) is 0 Å². The molecule has 1 heterocycles. The lowest BCUT2D eigenvalue weighted by molar-refractivity contribution is 0.311. The highest BCUT2D eigenvalue weighted by Gasteiger charge is 2.14. The monoisotopic (exact) mass is 325 g/mol. The molecule has 0 spiro atoms. The van der Waals surface area contributed by atoms with Gasteiger partial charge in [-0.3, -0.25) is 0 Å². The molecule has 21 heavy (non-hydrogen) atoms. The number of nitrogens with two attached hydrogens (primary N) is 1. The molecule has 1 atom stereocenters. The fourth-order valence-electron chi connectivity index (χ4n) is 2.01. The standard InChI is InChI=1S/C14H17Cl2N5/c1-21(2)11(9-3-5-10(15)6-4-9)8-18-13-7-12(16)19-14(17)20-13/h3-7,11H,8H2,1-2H3,(H3,17,18,19,20). The van der Waals surface area contributed by atoms with Gasteiger partial charge in [0.1, 0.15) is 11.0 Å². The number of nitrogen functional groups attached to an aromatic ring is 1.